The van der Waals surface area contributed by atoms with Crippen molar-refractivity contribution in [2.24, 2.45) is 12.1 Å². The number of fused-ring (bicyclic) bond motifs is 4. The van der Waals surface area contributed by atoms with E-state index in [4.69, 9.17) is 9.84 Å². The number of methoxy groups -OCH3 is 1. The molecule has 0 spiro atoms. The number of ether oxygens (including phenoxy) is 1. The molecular weight excluding hydrogens is 447 g/mol. The lowest BCUT2D eigenvalue weighted by Crippen LogP contribution is -2.50. The molecule has 0 saturated carbocycles. The molecule has 180 valence electrons. The lowest BCUT2D eigenvalue weighted by atomic mass is 9.81. The molecule has 0 N–H and O–H groups in total. The second-order valence-corrected chi connectivity index (χ2v) is 9.18. The second kappa shape index (κ2) is 7.95. The molecule has 34 heavy (non-hydrogen) atoms. The Morgan fingerprint density at radius 3 is 2.71 bits per heavy atom. The van der Waals surface area contributed by atoms with E-state index < -0.39 is 11.9 Å². The van der Waals surface area contributed by atoms with E-state index in [2.05, 4.69) is 5.10 Å². The van der Waals surface area contributed by atoms with Crippen LogP contribution >= 0.6 is 0 Å². The molecule has 4 heterocycles. The van der Waals surface area contributed by atoms with Crippen molar-refractivity contribution in [1.82, 2.24) is 14.7 Å². The molecule has 1 fully saturated rings. The number of piperidine rings is 1. The smallest absolute Gasteiger partial charge is 0.475 e. The van der Waals surface area contributed by atoms with Crippen LogP contribution in [0.3, 0.4) is 0 Å². The van der Waals surface area contributed by atoms with Crippen molar-refractivity contribution in [1.29, 1.82) is 0 Å². The molecule has 2 atom stereocenters. The molecule has 10 heteroatoms. The van der Waals surface area contributed by atoms with Gasteiger partial charge in [-0.15, -0.1) is 0 Å². The SMILES string of the molecule is COc1cccc(C(=O)N2C3CCCC2c2nn(C)c(C4=N[N+](C)=C(C(F)(F)F)C4)c2C3)c1C. The Morgan fingerprint density at radius 2 is 2.03 bits per heavy atom. The van der Waals surface area contributed by atoms with Crippen molar-refractivity contribution in [3.05, 3.63) is 46.3 Å². The third-order valence-corrected chi connectivity index (χ3v) is 7.24. The Kier molecular flexibility index (Phi) is 5.29. The fourth-order valence-corrected chi connectivity index (χ4v) is 5.68. The van der Waals surface area contributed by atoms with E-state index in [1.807, 2.05) is 30.0 Å². The van der Waals surface area contributed by atoms with Gasteiger partial charge in [-0.3, -0.25) is 9.48 Å². The summed E-state index contributed by atoms with van der Waals surface area (Å²) < 4.78 is 48.2. The highest BCUT2D eigenvalue weighted by Gasteiger charge is 2.49. The molecule has 0 radical (unpaired) electrons. The molecule has 0 aliphatic carbocycles. The minimum Gasteiger partial charge on any atom is -0.496 e. The van der Waals surface area contributed by atoms with Gasteiger partial charge in [0.1, 0.15) is 11.5 Å². The van der Waals surface area contributed by atoms with Crippen LogP contribution in [-0.4, -0.2) is 63.1 Å². The van der Waals surface area contributed by atoms with Crippen molar-refractivity contribution >= 4 is 17.3 Å². The predicted octanol–water partition coefficient (Wildman–Crippen LogP) is 3.78. The first-order valence-corrected chi connectivity index (χ1v) is 11.4. The summed E-state index contributed by atoms with van der Waals surface area (Å²) in [6.45, 7) is 1.87. The van der Waals surface area contributed by atoms with E-state index in [1.54, 1.807) is 18.8 Å². The fourth-order valence-electron chi connectivity index (χ4n) is 5.68. The van der Waals surface area contributed by atoms with Gasteiger partial charge in [-0.2, -0.15) is 18.3 Å². The summed E-state index contributed by atoms with van der Waals surface area (Å²) in [6.07, 6.45) is -1.60. The molecule has 1 amide bonds. The lowest BCUT2D eigenvalue weighted by Gasteiger charge is -2.45. The number of amides is 1. The van der Waals surface area contributed by atoms with Crippen LogP contribution in [-0.2, 0) is 13.5 Å². The van der Waals surface area contributed by atoms with Crippen molar-refractivity contribution in [3.63, 3.8) is 0 Å². The van der Waals surface area contributed by atoms with E-state index in [-0.39, 0.29) is 24.4 Å². The van der Waals surface area contributed by atoms with E-state index in [1.165, 1.54) is 7.05 Å². The third-order valence-electron chi connectivity index (χ3n) is 7.24. The number of benzene rings is 1. The van der Waals surface area contributed by atoms with E-state index in [0.717, 1.165) is 40.8 Å². The summed E-state index contributed by atoms with van der Waals surface area (Å²) in [4.78, 5) is 15.7. The summed E-state index contributed by atoms with van der Waals surface area (Å²) >= 11 is 0. The highest BCUT2D eigenvalue weighted by atomic mass is 19.4. The molecular formula is C24H27F3N5O2+. The number of hydrogen-bond acceptors (Lipinski definition) is 4. The zero-order valence-corrected chi connectivity index (χ0v) is 19.6. The topological polar surface area (TPSA) is 62.7 Å². The summed E-state index contributed by atoms with van der Waals surface area (Å²) in [7, 11) is 4.65. The fraction of sp³-hybridized carbons (Fsp3) is 0.500. The van der Waals surface area contributed by atoms with Gasteiger partial charge >= 0.3 is 6.18 Å². The Hall–Kier alpha value is -3.17. The van der Waals surface area contributed by atoms with Gasteiger partial charge in [0.25, 0.3) is 11.6 Å². The molecule has 3 aliphatic rings. The Labute approximate surface area is 195 Å². The molecule has 2 aromatic rings. The van der Waals surface area contributed by atoms with Crippen molar-refractivity contribution < 1.29 is 27.4 Å². The average Bonchev–Trinajstić information content (AvgIpc) is 3.32. The number of carbonyl (C=O) groups excluding carboxylic acids is 1. The standard InChI is InChI=1S/C24H27F3N5O2/c1-13-15(8-6-10-19(13)34-4)23(33)32-14-7-5-9-18(32)21-16(11-14)22(31(3)29-21)17-12-20(24(25,26)27)30(2)28-17/h6,8,10,14,18H,5,7,9,11-12H2,1-4H3/q+1. The van der Waals surface area contributed by atoms with Crippen molar-refractivity contribution in [2.75, 3.05) is 14.2 Å². The highest BCUT2D eigenvalue weighted by Crippen LogP contribution is 2.44. The maximum Gasteiger partial charge on any atom is 0.475 e. The molecule has 3 aliphatic heterocycles. The average molecular weight is 475 g/mol. The van der Waals surface area contributed by atoms with Gasteiger partial charge in [0.15, 0.2) is 7.05 Å². The monoisotopic (exact) mass is 474 g/mol. The minimum atomic E-state index is -4.44. The molecule has 7 nitrogen and oxygen atoms in total. The number of alkyl halides is 3. The number of rotatable bonds is 3. The van der Waals surface area contributed by atoms with Gasteiger partial charge in [0.2, 0.25) is 0 Å². The van der Waals surface area contributed by atoms with Crippen molar-refractivity contribution in [3.8, 4) is 5.75 Å². The van der Waals surface area contributed by atoms with Crippen LogP contribution in [0.1, 0.15) is 64.6 Å². The van der Waals surface area contributed by atoms with Crippen LogP contribution in [0.2, 0.25) is 0 Å². The number of hydrazone groups is 1. The molecule has 5 rings (SSSR count). The van der Waals surface area contributed by atoms with Gasteiger partial charge in [-0.1, -0.05) is 10.8 Å². The molecule has 2 unspecified atom stereocenters. The zero-order valence-electron chi connectivity index (χ0n) is 19.6. The van der Waals surface area contributed by atoms with E-state index in [9.17, 15) is 18.0 Å². The summed E-state index contributed by atoms with van der Waals surface area (Å²) in [5.41, 5.74) is 3.41. The van der Waals surface area contributed by atoms with Crippen LogP contribution in [0.25, 0.3) is 0 Å². The molecule has 1 aromatic carbocycles. The Morgan fingerprint density at radius 1 is 1.26 bits per heavy atom. The summed E-state index contributed by atoms with van der Waals surface area (Å²) in [6, 6.07) is 5.20. The normalized spacial score (nSPS) is 22.1. The van der Waals surface area contributed by atoms with E-state index >= 15 is 0 Å². The van der Waals surface area contributed by atoms with Crippen LogP contribution < -0.4 is 4.74 Å². The van der Waals surface area contributed by atoms with Gasteiger partial charge < -0.3 is 9.64 Å². The highest BCUT2D eigenvalue weighted by molar-refractivity contribution is 6.14. The maximum atomic E-state index is 13.7. The maximum absolute atomic E-state index is 13.7. The van der Waals surface area contributed by atoms with Crippen LogP contribution in [0, 0.1) is 6.92 Å². The summed E-state index contributed by atoms with van der Waals surface area (Å²) in [5.74, 6) is 0.600. The molecule has 2 bridgehead atoms. The molecule has 1 aromatic heterocycles. The van der Waals surface area contributed by atoms with E-state index in [0.29, 0.717) is 29.1 Å². The number of nitrogens with zero attached hydrogens (tertiary/aromatic N) is 5. The lowest BCUT2D eigenvalue weighted by molar-refractivity contribution is -0.506. The van der Waals surface area contributed by atoms with Crippen molar-refractivity contribution in [2.45, 2.75) is 57.3 Å². The second-order valence-electron chi connectivity index (χ2n) is 9.18. The number of hydrogen-bond donors (Lipinski definition) is 0. The van der Waals surface area contributed by atoms with Gasteiger partial charge in [-0.05, 0) is 49.8 Å². The van der Waals surface area contributed by atoms with Gasteiger partial charge in [0, 0.05) is 29.8 Å². The quantitative estimate of drug-likeness (QED) is 0.636. The molecule has 1 saturated heterocycles. The van der Waals surface area contributed by atoms with Gasteiger partial charge in [0.05, 0.1) is 31.0 Å². The number of aromatic nitrogens is 2. The largest absolute Gasteiger partial charge is 0.496 e. The first-order chi connectivity index (χ1) is 16.1. The predicted molar refractivity (Wildman–Crippen MR) is 120 cm³/mol. The summed E-state index contributed by atoms with van der Waals surface area (Å²) in [5, 5.41) is 8.93. The zero-order chi connectivity index (χ0) is 24.4. The van der Waals surface area contributed by atoms with Gasteiger partial charge in [-0.25, -0.2) is 0 Å². The van der Waals surface area contributed by atoms with Crippen LogP contribution in [0.5, 0.6) is 5.75 Å². The number of halogens is 3. The first kappa shape index (κ1) is 22.6. The Bertz CT molecular complexity index is 1240. The Balaban J connectivity index is 1.52. The third kappa shape index (κ3) is 3.42. The van der Waals surface area contributed by atoms with Crippen LogP contribution in [0.15, 0.2) is 23.3 Å². The first-order valence-electron chi connectivity index (χ1n) is 11.4. The van der Waals surface area contributed by atoms with Crippen LogP contribution in [0.4, 0.5) is 13.2 Å². The minimum absolute atomic E-state index is 0.0434. The number of aryl methyl sites for hydroxylation is 1. The number of carbonyl (C=O) groups is 1.